The molecule has 1 heterocycles. The van der Waals surface area contributed by atoms with Gasteiger partial charge < -0.3 is 9.47 Å². The van der Waals surface area contributed by atoms with Gasteiger partial charge in [0, 0.05) is 45.4 Å². The Bertz CT molecular complexity index is 247. The topological polar surface area (TPSA) is 24.9 Å². The molecule has 0 unspecified atom stereocenters. The van der Waals surface area contributed by atoms with Gasteiger partial charge in [0.1, 0.15) is 0 Å². The molecule has 0 radical (unpaired) electrons. The Balaban J connectivity index is 1.49. The molecule has 0 aromatic carbocycles. The Morgan fingerprint density at radius 2 is 1.63 bits per heavy atom. The minimum absolute atomic E-state index is 0.452. The number of hydrogen-bond donors (Lipinski definition) is 0. The predicted octanol–water partition coefficient (Wildman–Crippen LogP) is 1.60. The molecule has 0 N–H and O–H groups in total. The molecule has 2 fully saturated rings. The number of hydrogen-bond acceptors (Lipinski definition) is 4. The molecule has 1 saturated heterocycles. The highest BCUT2D eigenvalue weighted by Crippen LogP contribution is 2.26. The van der Waals surface area contributed by atoms with Crippen molar-refractivity contribution in [1.29, 1.82) is 0 Å². The van der Waals surface area contributed by atoms with E-state index in [0.29, 0.717) is 18.2 Å². The van der Waals surface area contributed by atoms with E-state index in [2.05, 4.69) is 30.6 Å². The monoisotopic (exact) mass is 270 g/mol. The van der Waals surface area contributed by atoms with Crippen molar-refractivity contribution < 1.29 is 9.47 Å². The smallest absolute Gasteiger partial charge is 0.0625 e. The second-order valence-corrected chi connectivity index (χ2v) is 6.01. The average molecular weight is 270 g/mol. The van der Waals surface area contributed by atoms with Gasteiger partial charge in [-0.25, -0.2) is 0 Å². The van der Waals surface area contributed by atoms with Gasteiger partial charge in [0.25, 0.3) is 0 Å². The minimum Gasteiger partial charge on any atom is -0.378 e. The standard InChI is InChI=1S/C15H30N2O2/c1-4-18-14-11-15(12-14)19-10-9-16-5-7-17(8-6-16)13(2)3/h13-15H,4-12H2,1-3H3. The molecule has 112 valence electrons. The SMILES string of the molecule is CCOC1CC(OCCN2CCN(C(C)C)CC2)C1. The van der Waals surface area contributed by atoms with Crippen LogP contribution in [0.2, 0.25) is 0 Å². The summed E-state index contributed by atoms with van der Waals surface area (Å²) < 4.78 is 11.4. The van der Waals surface area contributed by atoms with Gasteiger partial charge in [0.2, 0.25) is 0 Å². The second kappa shape index (κ2) is 7.58. The molecule has 0 amide bonds. The lowest BCUT2D eigenvalue weighted by Gasteiger charge is -2.38. The molecule has 4 nitrogen and oxygen atoms in total. The lowest BCUT2D eigenvalue weighted by molar-refractivity contribution is -0.101. The molecule has 1 aliphatic carbocycles. The highest BCUT2D eigenvalue weighted by molar-refractivity contribution is 4.81. The fraction of sp³-hybridized carbons (Fsp3) is 1.00. The molecular weight excluding hydrogens is 240 g/mol. The Morgan fingerprint density at radius 3 is 2.21 bits per heavy atom. The number of ether oxygens (including phenoxy) is 2. The Kier molecular flexibility index (Phi) is 6.07. The van der Waals surface area contributed by atoms with E-state index in [1.807, 2.05) is 0 Å². The second-order valence-electron chi connectivity index (χ2n) is 6.01. The first-order valence-electron chi connectivity index (χ1n) is 7.88. The van der Waals surface area contributed by atoms with Crippen molar-refractivity contribution in [2.75, 3.05) is 45.9 Å². The summed E-state index contributed by atoms with van der Waals surface area (Å²) in [6.07, 6.45) is 3.10. The van der Waals surface area contributed by atoms with Crippen molar-refractivity contribution in [3.05, 3.63) is 0 Å². The molecule has 0 atom stereocenters. The fourth-order valence-corrected chi connectivity index (χ4v) is 2.88. The van der Waals surface area contributed by atoms with Crippen LogP contribution in [0.25, 0.3) is 0 Å². The van der Waals surface area contributed by atoms with E-state index in [0.717, 1.165) is 32.6 Å². The van der Waals surface area contributed by atoms with E-state index >= 15 is 0 Å². The fourth-order valence-electron chi connectivity index (χ4n) is 2.88. The molecule has 0 aromatic rings. The van der Waals surface area contributed by atoms with Crippen LogP contribution in [-0.2, 0) is 9.47 Å². The highest BCUT2D eigenvalue weighted by atomic mass is 16.5. The van der Waals surface area contributed by atoms with Crippen LogP contribution in [0.4, 0.5) is 0 Å². The van der Waals surface area contributed by atoms with Crippen LogP contribution in [0.5, 0.6) is 0 Å². The summed E-state index contributed by atoms with van der Waals surface area (Å²) >= 11 is 0. The molecule has 4 heteroatoms. The van der Waals surface area contributed by atoms with E-state index in [1.165, 1.54) is 26.2 Å². The quantitative estimate of drug-likeness (QED) is 0.701. The third-order valence-electron chi connectivity index (χ3n) is 4.35. The minimum atomic E-state index is 0.452. The first-order valence-corrected chi connectivity index (χ1v) is 7.88. The molecule has 2 aliphatic rings. The summed E-state index contributed by atoms with van der Waals surface area (Å²) in [7, 11) is 0. The van der Waals surface area contributed by atoms with Gasteiger partial charge in [-0.3, -0.25) is 9.80 Å². The maximum absolute atomic E-state index is 5.90. The van der Waals surface area contributed by atoms with Crippen LogP contribution in [0.3, 0.4) is 0 Å². The summed E-state index contributed by atoms with van der Waals surface area (Å²) in [4.78, 5) is 5.08. The molecule has 0 bridgehead atoms. The third kappa shape index (κ3) is 4.71. The van der Waals surface area contributed by atoms with E-state index in [1.54, 1.807) is 0 Å². The molecular formula is C15H30N2O2. The molecule has 19 heavy (non-hydrogen) atoms. The molecule has 0 aromatic heterocycles. The van der Waals surface area contributed by atoms with Crippen molar-refractivity contribution in [2.45, 2.75) is 51.9 Å². The Hall–Kier alpha value is -0.160. The van der Waals surface area contributed by atoms with Crippen LogP contribution in [0.1, 0.15) is 33.6 Å². The maximum Gasteiger partial charge on any atom is 0.0625 e. The third-order valence-corrected chi connectivity index (χ3v) is 4.35. The van der Waals surface area contributed by atoms with E-state index in [-0.39, 0.29) is 0 Å². The Labute approximate surface area is 118 Å². The number of piperazine rings is 1. The van der Waals surface area contributed by atoms with Gasteiger partial charge in [-0.2, -0.15) is 0 Å². The Morgan fingerprint density at radius 1 is 1.00 bits per heavy atom. The zero-order chi connectivity index (χ0) is 13.7. The molecule has 1 saturated carbocycles. The van der Waals surface area contributed by atoms with Crippen molar-refractivity contribution in [3.63, 3.8) is 0 Å². The van der Waals surface area contributed by atoms with E-state index < -0.39 is 0 Å². The summed E-state index contributed by atoms with van der Waals surface area (Å²) in [5.41, 5.74) is 0. The van der Waals surface area contributed by atoms with Gasteiger partial charge in [0.05, 0.1) is 18.8 Å². The van der Waals surface area contributed by atoms with E-state index in [9.17, 15) is 0 Å². The number of nitrogens with zero attached hydrogens (tertiary/aromatic N) is 2. The van der Waals surface area contributed by atoms with Gasteiger partial charge >= 0.3 is 0 Å². The first-order chi connectivity index (χ1) is 9.19. The maximum atomic E-state index is 5.90. The van der Waals surface area contributed by atoms with Crippen LogP contribution >= 0.6 is 0 Å². The zero-order valence-corrected chi connectivity index (χ0v) is 12.8. The van der Waals surface area contributed by atoms with Crippen LogP contribution < -0.4 is 0 Å². The van der Waals surface area contributed by atoms with Crippen molar-refractivity contribution in [3.8, 4) is 0 Å². The van der Waals surface area contributed by atoms with E-state index in [4.69, 9.17) is 9.47 Å². The predicted molar refractivity (Wildman–Crippen MR) is 77.5 cm³/mol. The van der Waals surface area contributed by atoms with Gasteiger partial charge in [0.15, 0.2) is 0 Å². The summed E-state index contributed by atoms with van der Waals surface area (Å²) in [5, 5.41) is 0. The summed E-state index contributed by atoms with van der Waals surface area (Å²) in [6, 6.07) is 0.684. The van der Waals surface area contributed by atoms with Crippen LogP contribution in [-0.4, -0.2) is 74.0 Å². The summed E-state index contributed by atoms with van der Waals surface area (Å²) in [5.74, 6) is 0. The van der Waals surface area contributed by atoms with Crippen LogP contribution in [0.15, 0.2) is 0 Å². The van der Waals surface area contributed by atoms with Crippen molar-refractivity contribution in [1.82, 2.24) is 9.80 Å². The molecule has 2 rings (SSSR count). The molecule has 1 aliphatic heterocycles. The zero-order valence-electron chi connectivity index (χ0n) is 12.8. The lowest BCUT2D eigenvalue weighted by Crippen LogP contribution is -2.49. The molecule has 0 spiro atoms. The largest absolute Gasteiger partial charge is 0.378 e. The highest BCUT2D eigenvalue weighted by Gasteiger charge is 2.30. The summed E-state index contributed by atoms with van der Waals surface area (Å²) in [6.45, 7) is 14.2. The first kappa shape index (κ1) is 15.2. The lowest BCUT2D eigenvalue weighted by atomic mass is 9.92. The van der Waals surface area contributed by atoms with Gasteiger partial charge in [-0.05, 0) is 33.6 Å². The normalized spacial score (nSPS) is 29.7. The van der Waals surface area contributed by atoms with Gasteiger partial charge in [-0.1, -0.05) is 0 Å². The van der Waals surface area contributed by atoms with Gasteiger partial charge in [-0.15, -0.1) is 0 Å². The average Bonchev–Trinajstić information content (AvgIpc) is 2.36. The van der Waals surface area contributed by atoms with Crippen molar-refractivity contribution >= 4 is 0 Å². The number of rotatable bonds is 7. The van der Waals surface area contributed by atoms with Crippen LogP contribution in [0, 0.1) is 0 Å². The van der Waals surface area contributed by atoms with Crippen molar-refractivity contribution in [2.24, 2.45) is 0 Å².